The van der Waals surface area contributed by atoms with Crippen molar-refractivity contribution >= 4 is 39.7 Å². The van der Waals surface area contributed by atoms with Crippen LogP contribution in [0.2, 0.25) is 0 Å². The monoisotopic (exact) mass is 322 g/mol. The molecule has 0 saturated heterocycles. The fourth-order valence-electron chi connectivity index (χ4n) is 1.55. The van der Waals surface area contributed by atoms with E-state index in [0.29, 0.717) is 10.4 Å². The molecule has 0 bridgehead atoms. The lowest BCUT2D eigenvalue weighted by Gasteiger charge is -2.23. The maximum atomic E-state index is 12.1. The number of fused-ring (bicyclic) bond motifs is 1. The molecule has 0 aromatic carbocycles. The Kier molecular flexibility index (Phi) is 3.86. The lowest BCUT2D eigenvalue weighted by atomic mass is 10.2. The zero-order valence-corrected chi connectivity index (χ0v) is 12.1. The Hall–Kier alpha value is -0.140. The number of halogens is 1. The van der Waals surface area contributed by atoms with Gasteiger partial charge in [-0.2, -0.15) is 4.98 Å². The summed E-state index contributed by atoms with van der Waals surface area (Å²) < 4.78 is 7.38. The highest BCUT2D eigenvalue weighted by molar-refractivity contribution is 9.10. The molecule has 2 heterocycles. The molecule has 0 radical (unpaired) electrons. The first kappa shape index (κ1) is 12.3. The molecule has 0 fully saturated rings. The van der Waals surface area contributed by atoms with E-state index >= 15 is 0 Å². The number of aromatic nitrogens is 2. The summed E-state index contributed by atoms with van der Waals surface area (Å²) in [5.74, 6) is 1.36. The van der Waals surface area contributed by atoms with Gasteiger partial charge in [0.05, 0.1) is 12.0 Å². The summed E-state index contributed by atoms with van der Waals surface area (Å²) in [6, 6.07) is 0.205. The maximum absolute atomic E-state index is 12.1. The number of nitrogens with zero attached hydrogens (tertiary/aromatic N) is 2. The molecular weight excluding hydrogens is 312 g/mol. The molecule has 0 aliphatic carbocycles. The minimum atomic E-state index is -0.0613. The molecule has 1 aliphatic rings. The van der Waals surface area contributed by atoms with Gasteiger partial charge in [0.2, 0.25) is 5.88 Å². The standard InChI is InChI=1S/C9H11BrN2O2S2/c1-5-3-4-16-9-11-7(14-15-2)6(10)8(13)12(5)9/h5H,3-4H2,1-2H3. The van der Waals surface area contributed by atoms with E-state index in [1.54, 1.807) is 22.6 Å². The summed E-state index contributed by atoms with van der Waals surface area (Å²) in [5, 5.41) is 0.746. The van der Waals surface area contributed by atoms with Gasteiger partial charge in [-0.15, -0.1) is 0 Å². The van der Waals surface area contributed by atoms with Gasteiger partial charge in [-0.1, -0.05) is 11.8 Å². The molecule has 1 aliphatic heterocycles. The van der Waals surface area contributed by atoms with Crippen LogP contribution in [0.4, 0.5) is 0 Å². The maximum Gasteiger partial charge on any atom is 0.272 e. The zero-order chi connectivity index (χ0) is 11.7. The van der Waals surface area contributed by atoms with Crippen LogP contribution >= 0.6 is 39.7 Å². The second kappa shape index (κ2) is 5.01. The van der Waals surface area contributed by atoms with Gasteiger partial charge in [0.25, 0.3) is 5.56 Å². The smallest absolute Gasteiger partial charge is 0.272 e. The van der Waals surface area contributed by atoms with Crippen LogP contribution in [0.1, 0.15) is 19.4 Å². The van der Waals surface area contributed by atoms with Gasteiger partial charge in [0.1, 0.15) is 4.47 Å². The Bertz CT molecular complexity index is 464. The SMILES string of the molecule is CSOc1nc2n(c(=O)c1Br)C(C)CCS2. The summed E-state index contributed by atoms with van der Waals surface area (Å²) in [7, 11) is 0. The van der Waals surface area contributed by atoms with Crippen LogP contribution < -0.4 is 9.74 Å². The second-order valence-electron chi connectivity index (χ2n) is 3.42. The molecule has 1 unspecified atom stereocenters. The van der Waals surface area contributed by atoms with Gasteiger partial charge < -0.3 is 4.18 Å². The van der Waals surface area contributed by atoms with Crippen LogP contribution in [0.5, 0.6) is 5.88 Å². The lowest BCUT2D eigenvalue weighted by molar-refractivity contribution is 0.438. The van der Waals surface area contributed by atoms with Crippen LogP contribution in [-0.2, 0) is 0 Å². The van der Waals surface area contributed by atoms with E-state index in [1.165, 1.54) is 12.0 Å². The first-order valence-corrected chi connectivity index (χ1v) is 7.73. The minimum absolute atomic E-state index is 0.0613. The second-order valence-corrected chi connectivity index (χ2v) is 5.78. The van der Waals surface area contributed by atoms with Crippen LogP contribution in [-0.4, -0.2) is 21.6 Å². The molecule has 4 nitrogen and oxygen atoms in total. The van der Waals surface area contributed by atoms with Gasteiger partial charge in [-0.3, -0.25) is 9.36 Å². The molecule has 1 aromatic heterocycles. The summed E-state index contributed by atoms with van der Waals surface area (Å²) in [4.78, 5) is 16.4. The molecular formula is C9H11BrN2O2S2. The Morgan fingerprint density at radius 3 is 3.12 bits per heavy atom. The molecule has 7 heteroatoms. The van der Waals surface area contributed by atoms with Crippen molar-refractivity contribution in [3.63, 3.8) is 0 Å². The molecule has 0 N–H and O–H groups in total. The Morgan fingerprint density at radius 1 is 1.69 bits per heavy atom. The van der Waals surface area contributed by atoms with Gasteiger partial charge in [0, 0.05) is 18.1 Å². The van der Waals surface area contributed by atoms with E-state index in [1.807, 2.05) is 6.92 Å². The van der Waals surface area contributed by atoms with Gasteiger partial charge in [0.15, 0.2) is 5.16 Å². The van der Waals surface area contributed by atoms with Crippen molar-refractivity contribution in [3.05, 3.63) is 14.8 Å². The molecule has 0 spiro atoms. The van der Waals surface area contributed by atoms with E-state index in [2.05, 4.69) is 20.9 Å². The van der Waals surface area contributed by atoms with Crippen LogP contribution in [0.15, 0.2) is 14.4 Å². The normalized spacial score (nSPS) is 19.3. The van der Waals surface area contributed by atoms with E-state index in [0.717, 1.165) is 17.3 Å². The highest BCUT2D eigenvalue weighted by atomic mass is 79.9. The highest BCUT2D eigenvalue weighted by Crippen LogP contribution is 2.32. The summed E-state index contributed by atoms with van der Waals surface area (Å²) in [6.07, 6.45) is 2.79. The van der Waals surface area contributed by atoms with Crippen molar-refractivity contribution in [3.8, 4) is 5.88 Å². The van der Waals surface area contributed by atoms with E-state index in [9.17, 15) is 4.79 Å². The highest BCUT2D eigenvalue weighted by Gasteiger charge is 2.23. The minimum Gasteiger partial charge on any atom is -0.405 e. The van der Waals surface area contributed by atoms with Gasteiger partial charge in [-0.05, 0) is 29.3 Å². The van der Waals surface area contributed by atoms with Crippen molar-refractivity contribution in [1.82, 2.24) is 9.55 Å². The predicted molar refractivity (Wildman–Crippen MR) is 70.4 cm³/mol. The zero-order valence-electron chi connectivity index (χ0n) is 8.90. The van der Waals surface area contributed by atoms with E-state index in [-0.39, 0.29) is 11.6 Å². The number of hydrogen-bond donors (Lipinski definition) is 0. The average molecular weight is 323 g/mol. The molecule has 0 saturated carbocycles. The molecule has 0 amide bonds. The van der Waals surface area contributed by atoms with Crippen LogP contribution in [0, 0.1) is 0 Å². The van der Waals surface area contributed by atoms with Crippen molar-refractivity contribution < 1.29 is 4.18 Å². The van der Waals surface area contributed by atoms with Crippen molar-refractivity contribution in [1.29, 1.82) is 0 Å². The van der Waals surface area contributed by atoms with Gasteiger partial charge >= 0.3 is 0 Å². The Labute approximate surface area is 110 Å². The fraction of sp³-hybridized carbons (Fsp3) is 0.556. The topological polar surface area (TPSA) is 44.1 Å². The number of rotatable bonds is 2. The fourth-order valence-corrected chi connectivity index (χ4v) is 3.49. The summed E-state index contributed by atoms with van der Waals surface area (Å²) in [5.41, 5.74) is -0.0613. The first-order chi connectivity index (χ1) is 7.65. The third-order valence-electron chi connectivity index (χ3n) is 2.37. The van der Waals surface area contributed by atoms with Crippen molar-refractivity contribution in [2.75, 3.05) is 12.0 Å². The Balaban J connectivity index is 2.57. The molecule has 88 valence electrons. The molecule has 16 heavy (non-hydrogen) atoms. The Morgan fingerprint density at radius 2 is 2.44 bits per heavy atom. The number of thioether (sulfide) groups is 1. The predicted octanol–water partition coefficient (Wildman–Crippen LogP) is 2.72. The first-order valence-electron chi connectivity index (χ1n) is 4.80. The van der Waals surface area contributed by atoms with Crippen molar-refractivity contribution in [2.24, 2.45) is 0 Å². The average Bonchev–Trinajstić information content (AvgIpc) is 2.25. The van der Waals surface area contributed by atoms with Crippen LogP contribution in [0.25, 0.3) is 0 Å². The number of hydrogen-bond acceptors (Lipinski definition) is 5. The quantitative estimate of drug-likeness (QED) is 0.618. The van der Waals surface area contributed by atoms with Crippen molar-refractivity contribution in [2.45, 2.75) is 24.5 Å². The van der Waals surface area contributed by atoms with E-state index in [4.69, 9.17) is 4.18 Å². The molecule has 2 rings (SSSR count). The lowest BCUT2D eigenvalue weighted by Crippen LogP contribution is -2.29. The van der Waals surface area contributed by atoms with E-state index < -0.39 is 0 Å². The summed E-state index contributed by atoms with van der Waals surface area (Å²) >= 11 is 6.02. The third kappa shape index (κ3) is 2.12. The van der Waals surface area contributed by atoms with Gasteiger partial charge in [-0.25, -0.2) is 0 Å². The molecule has 1 aromatic rings. The summed E-state index contributed by atoms with van der Waals surface area (Å²) in [6.45, 7) is 2.04. The third-order valence-corrected chi connectivity index (χ3v) is 4.36. The molecule has 1 atom stereocenters. The van der Waals surface area contributed by atoms with Crippen LogP contribution in [0.3, 0.4) is 0 Å². The largest absolute Gasteiger partial charge is 0.405 e.